The Bertz CT molecular complexity index is 713. The Morgan fingerprint density at radius 1 is 1.22 bits per heavy atom. The monoisotopic (exact) mass is 329 g/mol. The van der Waals surface area contributed by atoms with Gasteiger partial charge in [0.2, 0.25) is 8.32 Å². The van der Waals surface area contributed by atoms with E-state index in [1.54, 1.807) is 0 Å². The van der Waals surface area contributed by atoms with E-state index in [0.717, 1.165) is 28.7 Å². The second-order valence-corrected chi connectivity index (χ2v) is 11.3. The molecule has 0 aliphatic heterocycles. The van der Waals surface area contributed by atoms with Crippen LogP contribution in [0.4, 0.5) is 0 Å². The van der Waals surface area contributed by atoms with Gasteiger partial charge in [-0.15, -0.1) is 0 Å². The summed E-state index contributed by atoms with van der Waals surface area (Å²) in [4.78, 5) is 9.30. The minimum atomic E-state index is -1.65. The van der Waals surface area contributed by atoms with Gasteiger partial charge in [-0.05, 0) is 53.4 Å². The van der Waals surface area contributed by atoms with Gasteiger partial charge in [-0.3, -0.25) is 9.56 Å². The number of imidazole rings is 1. The summed E-state index contributed by atoms with van der Waals surface area (Å²) in [5.74, 6) is 2.86. The van der Waals surface area contributed by atoms with Crippen LogP contribution in [-0.4, -0.2) is 23.7 Å². The molecule has 1 atom stereocenters. The quantitative estimate of drug-likeness (QED) is 0.461. The second-order valence-electron chi connectivity index (χ2n) is 6.90. The Balaban J connectivity index is 2.32. The van der Waals surface area contributed by atoms with Crippen LogP contribution in [0.3, 0.4) is 0 Å². The predicted molar refractivity (Wildman–Crippen MR) is 99.0 cm³/mol. The normalized spacial score (nSPS) is 14.0. The van der Waals surface area contributed by atoms with Gasteiger partial charge in [-0.2, -0.15) is 0 Å². The second kappa shape index (κ2) is 6.70. The number of hydrogen-bond donors (Lipinski definition) is 0. The van der Waals surface area contributed by atoms with E-state index in [9.17, 15) is 0 Å². The van der Waals surface area contributed by atoms with E-state index in [4.69, 9.17) is 9.42 Å². The van der Waals surface area contributed by atoms with Crippen molar-refractivity contribution < 1.29 is 4.43 Å². The van der Waals surface area contributed by atoms with Gasteiger partial charge in [-0.25, -0.2) is 4.98 Å². The number of hydrogen-bond acceptors (Lipinski definition) is 3. The number of aliphatic imine (C=N–C) groups is 1. The summed E-state index contributed by atoms with van der Waals surface area (Å²) in [6, 6.07) is 8.24. The van der Waals surface area contributed by atoms with E-state index >= 15 is 0 Å². The van der Waals surface area contributed by atoms with Gasteiger partial charge in [0.05, 0.1) is 11.7 Å². The lowest BCUT2D eigenvalue weighted by Crippen LogP contribution is -2.29. The molecule has 0 amide bonds. The molecule has 4 nitrogen and oxygen atoms in total. The van der Waals surface area contributed by atoms with E-state index in [1.165, 1.54) is 0 Å². The molecule has 2 aromatic rings. The smallest absolute Gasteiger partial charge is 0.242 e. The number of benzene rings is 1. The predicted octanol–water partition coefficient (Wildman–Crippen LogP) is 4.74. The van der Waals surface area contributed by atoms with Crippen LogP contribution in [0.15, 0.2) is 35.5 Å². The molecule has 1 unspecified atom stereocenters. The molecular weight excluding hydrogens is 302 g/mol. The molecule has 0 saturated heterocycles. The zero-order valence-electron chi connectivity index (χ0n) is 15.2. The third kappa shape index (κ3) is 4.54. The summed E-state index contributed by atoms with van der Waals surface area (Å²) >= 11 is 0. The molecule has 1 heterocycles. The van der Waals surface area contributed by atoms with Gasteiger partial charge < -0.3 is 4.43 Å². The van der Waals surface area contributed by atoms with E-state index in [0.29, 0.717) is 0 Å². The average molecular weight is 330 g/mol. The fraction of sp³-hybridized carbons (Fsp3) is 0.444. The summed E-state index contributed by atoms with van der Waals surface area (Å²) in [5, 5.41) is 0. The number of para-hydroxylation sites is 1. The third-order valence-corrected chi connectivity index (χ3v) is 4.35. The Morgan fingerprint density at radius 3 is 2.43 bits per heavy atom. The highest BCUT2D eigenvalue weighted by atomic mass is 28.4. The van der Waals surface area contributed by atoms with Crippen LogP contribution in [0.2, 0.25) is 19.6 Å². The van der Waals surface area contributed by atoms with Crippen molar-refractivity contribution in [1.82, 2.24) is 9.55 Å². The standard InChI is InChI=1S/C18H27N3OSi/c1-13-12-21(15(3)19-13)16(4)20-14(2)17-10-8-9-11-18(17)22-23(5,6)7/h8-12,14H,1-7H3. The highest BCUT2D eigenvalue weighted by Gasteiger charge is 2.20. The largest absolute Gasteiger partial charge is 0.544 e. The van der Waals surface area contributed by atoms with Crippen LogP contribution in [0.1, 0.15) is 37.0 Å². The number of rotatable bonds is 4. The molecule has 1 aromatic carbocycles. The van der Waals surface area contributed by atoms with E-state index in [-0.39, 0.29) is 6.04 Å². The summed E-state index contributed by atoms with van der Waals surface area (Å²) in [6.07, 6.45) is 2.02. The molecule has 124 valence electrons. The lowest BCUT2D eigenvalue weighted by molar-refractivity contribution is 0.542. The molecule has 0 bridgehead atoms. The van der Waals surface area contributed by atoms with Crippen molar-refractivity contribution in [3.8, 4) is 5.75 Å². The first kappa shape index (κ1) is 17.5. The highest BCUT2D eigenvalue weighted by Crippen LogP contribution is 2.29. The van der Waals surface area contributed by atoms with Gasteiger partial charge in [-0.1, -0.05) is 18.2 Å². The van der Waals surface area contributed by atoms with Crippen LogP contribution < -0.4 is 4.43 Å². The summed E-state index contributed by atoms with van der Waals surface area (Å²) in [6.45, 7) is 14.7. The van der Waals surface area contributed by atoms with E-state index in [1.807, 2.05) is 49.7 Å². The zero-order chi connectivity index (χ0) is 17.2. The van der Waals surface area contributed by atoms with Gasteiger partial charge in [0, 0.05) is 11.8 Å². The minimum absolute atomic E-state index is 0.0321. The van der Waals surface area contributed by atoms with Crippen molar-refractivity contribution in [1.29, 1.82) is 0 Å². The Morgan fingerprint density at radius 2 is 1.87 bits per heavy atom. The lowest BCUT2D eigenvalue weighted by Gasteiger charge is -2.23. The SMILES string of the molecule is CC(=NC(C)c1ccccc1O[Si](C)(C)C)n1cc(C)nc1C. The summed E-state index contributed by atoms with van der Waals surface area (Å²) < 4.78 is 8.26. The molecule has 2 rings (SSSR count). The van der Waals surface area contributed by atoms with Gasteiger partial charge >= 0.3 is 0 Å². The Labute approximate surface area is 140 Å². The van der Waals surface area contributed by atoms with Gasteiger partial charge in [0.15, 0.2) is 0 Å². The highest BCUT2D eigenvalue weighted by molar-refractivity contribution is 6.70. The summed E-state index contributed by atoms with van der Waals surface area (Å²) in [7, 11) is -1.65. The topological polar surface area (TPSA) is 39.4 Å². The first-order chi connectivity index (χ1) is 10.7. The third-order valence-electron chi connectivity index (χ3n) is 3.52. The van der Waals surface area contributed by atoms with Gasteiger partial charge in [0.25, 0.3) is 0 Å². The Kier molecular flexibility index (Phi) is 5.09. The van der Waals surface area contributed by atoms with Crippen LogP contribution >= 0.6 is 0 Å². The fourth-order valence-corrected chi connectivity index (χ4v) is 3.45. The first-order valence-electron chi connectivity index (χ1n) is 8.02. The van der Waals surface area contributed by atoms with Crippen molar-refractivity contribution in [2.24, 2.45) is 4.99 Å². The molecule has 0 aliphatic rings. The van der Waals surface area contributed by atoms with Crippen molar-refractivity contribution in [2.45, 2.75) is 53.4 Å². The molecule has 5 heteroatoms. The van der Waals surface area contributed by atoms with Crippen LogP contribution in [0, 0.1) is 13.8 Å². The molecule has 0 aliphatic carbocycles. The molecular formula is C18H27N3OSi. The van der Waals surface area contributed by atoms with Crippen molar-refractivity contribution in [3.05, 3.63) is 47.5 Å². The van der Waals surface area contributed by atoms with Gasteiger partial charge in [0.1, 0.15) is 17.4 Å². The Hall–Kier alpha value is -1.88. The van der Waals surface area contributed by atoms with Crippen LogP contribution in [0.25, 0.3) is 0 Å². The minimum Gasteiger partial charge on any atom is -0.544 e. The number of aryl methyl sites for hydroxylation is 2. The first-order valence-corrected chi connectivity index (χ1v) is 11.4. The summed E-state index contributed by atoms with van der Waals surface area (Å²) in [5.41, 5.74) is 2.14. The average Bonchev–Trinajstić information content (AvgIpc) is 2.76. The maximum Gasteiger partial charge on any atom is 0.242 e. The zero-order valence-corrected chi connectivity index (χ0v) is 16.2. The molecule has 23 heavy (non-hydrogen) atoms. The van der Waals surface area contributed by atoms with Crippen molar-refractivity contribution in [2.75, 3.05) is 0 Å². The number of aromatic nitrogens is 2. The molecule has 0 spiro atoms. The molecule has 0 fully saturated rings. The lowest BCUT2D eigenvalue weighted by atomic mass is 10.1. The molecule has 0 radical (unpaired) electrons. The van der Waals surface area contributed by atoms with Crippen molar-refractivity contribution in [3.63, 3.8) is 0 Å². The van der Waals surface area contributed by atoms with E-state index < -0.39 is 8.32 Å². The van der Waals surface area contributed by atoms with E-state index in [2.05, 4.69) is 37.6 Å². The maximum atomic E-state index is 6.22. The fourth-order valence-electron chi connectivity index (χ4n) is 2.61. The van der Waals surface area contributed by atoms with Crippen LogP contribution in [-0.2, 0) is 0 Å². The molecule has 0 N–H and O–H groups in total. The van der Waals surface area contributed by atoms with Crippen molar-refractivity contribution >= 4 is 14.2 Å². The van der Waals surface area contributed by atoms with Crippen LogP contribution in [0.5, 0.6) is 5.75 Å². The number of nitrogens with zero attached hydrogens (tertiary/aromatic N) is 3. The maximum absolute atomic E-state index is 6.22. The molecule has 1 aromatic heterocycles. The molecule has 0 saturated carbocycles.